The van der Waals surface area contributed by atoms with Crippen LogP contribution >= 0.6 is 0 Å². The Bertz CT molecular complexity index is 438. The maximum absolute atomic E-state index is 9.21. The van der Waals surface area contributed by atoms with Crippen LogP contribution in [0.1, 0.15) is 0 Å². The molecule has 2 rings (SSSR count). The van der Waals surface area contributed by atoms with Crippen LogP contribution in [0.5, 0.6) is 0 Å². The van der Waals surface area contributed by atoms with Crippen LogP contribution < -0.4 is 5.32 Å². The molecular formula is C11H13NO3. The van der Waals surface area contributed by atoms with Gasteiger partial charge in [-0.3, -0.25) is 0 Å². The molecule has 0 bridgehead atoms. The lowest BCUT2D eigenvalue weighted by molar-refractivity contribution is 0.105. The van der Waals surface area contributed by atoms with Crippen molar-refractivity contribution in [3.63, 3.8) is 0 Å². The second kappa shape index (κ2) is 4.33. The molecule has 0 aliphatic rings. The lowest BCUT2D eigenvalue weighted by atomic mass is 10.2. The third-order valence-electron chi connectivity index (χ3n) is 2.23. The molecule has 0 saturated carbocycles. The summed E-state index contributed by atoms with van der Waals surface area (Å²) in [6.45, 7) is 0.0785. The van der Waals surface area contributed by atoms with Gasteiger partial charge in [-0.2, -0.15) is 0 Å². The summed E-state index contributed by atoms with van der Waals surface area (Å²) >= 11 is 0. The van der Waals surface area contributed by atoms with Gasteiger partial charge in [0.15, 0.2) is 0 Å². The maximum Gasteiger partial charge on any atom is 0.135 e. The van der Waals surface area contributed by atoms with E-state index in [1.807, 2.05) is 24.3 Å². The van der Waals surface area contributed by atoms with Gasteiger partial charge in [0.25, 0.3) is 0 Å². The number of furan rings is 1. The highest BCUT2D eigenvalue weighted by atomic mass is 16.3. The van der Waals surface area contributed by atoms with E-state index < -0.39 is 6.10 Å². The zero-order chi connectivity index (χ0) is 10.7. The van der Waals surface area contributed by atoms with Crippen LogP contribution in [-0.2, 0) is 0 Å². The monoisotopic (exact) mass is 207 g/mol. The van der Waals surface area contributed by atoms with E-state index >= 15 is 0 Å². The summed E-state index contributed by atoms with van der Waals surface area (Å²) in [5.41, 5.74) is 1.70. The standard InChI is InChI=1S/C11H13NO3/c13-7-8(14)6-12-10-2-1-3-11-9(10)4-5-15-11/h1-5,8,12-14H,6-7H2. The molecule has 1 heterocycles. The normalized spacial score (nSPS) is 12.9. The van der Waals surface area contributed by atoms with Gasteiger partial charge in [0, 0.05) is 17.6 Å². The van der Waals surface area contributed by atoms with Crippen molar-refractivity contribution in [2.45, 2.75) is 6.10 Å². The minimum Gasteiger partial charge on any atom is -0.464 e. The highest BCUT2D eigenvalue weighted by molar-refractivity contribution is 5.90. The maximum atomic E-state index is 9.21. The van der Waals surface area contributed by atoms with Crippen molar-refractivity contribution < 1.29 is 14.6 Å². The van der Waals surface area contributed by atoms with Crippen LogP contribution in [-0.4, -0.2) is 29.5 Å². The van der Waals surface area contributed by atoms with Crippen LogP contribution in [0.25, 0.3) is 11.0 Å². The number of anilines is 1. The van der Waals surface area contributed by atoms with E-state index in [1.165, 1.54) is 0 Å². The first kappa shape index (κ1) is 10.0. The summed E-state index contributed by atoms with van der Waals surface area (Å²) < 4.78 is 5.24. The van der Waals surface area contributed by atoms with Gasteiger partial charge in [-0.25, -0.2) is 0 Å². The first-order chi connectivity index (χ1) is 7.31. The highest BCUT2D eigenvalue weighted by Gasteiger charge is 2.05. The van der Waals surface area contributed by atoms with Crippen molar-refractivity contribution in [3.05, 3.63) is 30.5 Å². The summed E-state index contributed by atoms with van der Waals surface area (Å²) in [5, 5.41) is 21.9. The zero-order valence-corrected chi connectivity index (χ0v) is 8.18. The molecule has 3 N–H and O–H groups in total. The molecule has 4 heteroatoms. The van der Waals surface area contributed by atoms with Gasteiger partial charge in [-0.05, 0) is 18.2 Å². The number of benzene rings is 1. The molecule has 80 valence electrons. The predicted octanol–water partition coefficient (Wildman–Crippen LogP) is 1.20. The SMILES string of the molecule is OCC(O)CNc1cccc2occc12. The average Bonchev–Trinajstić information content (AvgIpc) is 2.74. The zero-order valence-electron chi connectivity index (χ0n) is 8.18. The Morgan fingerprint density at radius 1 is 1.33 bits per heavy atom. The molecule has 0 aliphatic heterocycles. The quantitative estimate of drug-likeness (QED) is 0.704. The second-order valence-electron chi connectivity index (χ2n) is 3.36. The molecule has 1 unspecified atom stereocenters. The van der Waals surface area contributed by atoms with Gasteiger partial charge in [0.05, 0.1) is 19.0 Å². The number of aliphatic hydroxyl groups excluding tert-OH is 2. The first-order valence-corrected chi connectivity index (χ1v) is 4.80. The van der Waals surface area contributed by atoms with Gasteiger partial charge in [0.1, 0.15) is 5.58 Å². The molecule has 0 aliphatic carbocycles. The van der Waals surface area contributed by atoms with Gasteiger partial charge >= 0.3 is 0 Å². The number of rotatable bonds is 4. The van der Waals surface area contributed by atoms with E-state index in [1.54, 1.807) is 6.26 Å². The van der Waals surface area contributed by atoms with Crippen LogP contribution in [0.15, 0.2) is 34.9 Å². The Labute approximate surface area is 87.1 Å². The lowest BCUT2D eigenvalue weighted by Crippen LogP contribution is -2.22. The van der Waals surface area contributed by atoms with Crippen LogP contribution in [0.3, 0.4) is 0 Å². The smallest absolute Gasteiger partial charge is 0.135 e. The number of hydrogen-bond acceptors (Lipinski definition) is 4. The van der Waals surface area contributed by atoms with Crippen LogP contribution in [0, 0.1) is 0 Å². The molecule has 0 fully saturated rings. The third-order valence-corrected chi connectivity index (χ3v) is 2.23. The summed E-state index contributed by atoms with van der Waals surface area (Å²) in [5.74, 6) is 0. The van der Waals surface area contributed by atoms with Crippen molar-refractivity contribution in [1.82, 2.24) is 0 Å². The molecule has 1 aromatic heterocycles. The van der Waals surface area contributed by atoms with Gasteiger partial charge in [0.2, 0.25) is 0 Å². The minimum atomic E-state index is -0.743. The molecule has 4 nitrogen and oxygen atoms in total. The molecule has 0 saturated heterocycles. The number of nitrogens with one attached hydrogen (secondary N) is 1. The van der Waals surface area contributed by atoms with E-state index in [0.717, 1.165) is 16.7 Å². The molecule has 2 aromatic rings. The Kier molecular flexibility index (Phi) is 2.89. The van der Waals surface area contributed by atoms with Crippen molar-refractivity contribution in [3.8, 4) is 0 Å². The van der Waals surface area contributed by atoms with Gasteiger partial charge < -0.3 is 19.9 Å². The van der Waals surface area contributed by atoms with Crippen molar-refractivity contribution in [2.75, 3.05) is 18.5 Å². The summed E-state index contributed by atoms with van der Waals surface area (Å²) in [7, 11) is 0. The molecule has 1 atom stereocenters. The van der Waals surface area contributed by atoms with E-state index in [9.17, 15) is 5.11 Å². The third kappa shape index (κ3) is 2.11. The number of hydrogen-bond donors (Lipinski definition) is 3. The number of aliphatic hydroxyl groups is 2. The fourth-order valence-electron chi connectivity index (χ4n) is 1.44. The van der Waals surface area contributed by atoms with E-state index in [-0.39, 0.29) is 6.61 Å². The molecule has 0 spiro atoms. The van der Waals surface area contributed by atoms with Crippen LogP contribution in [0.4, 0.5) is 5.69 Å². The summed E-state index contributed by atoms with van der Waals surface area (Å²) in [6.07, 6.45) is 0.880. The number of fused-ring (bicyclic) bond motifs is 1. The second-order valence-corrected chi connectivity index (χ2v) is 3.36. The molecular weight excluding hydrogens is 194 g/mol. The Hall–Kier alpha value is -1.52. The fourth-order valence-corrected chi connectivity index (χ4v) is 1.44. The van der Waals surface area contributed by atoms with E-state index in [0.29, 0.717) is 6.54 Å². The lowest BCUT2D eigenvalue weighted by Gasteiger charge is -2.10. The summed E-state index contributed by atoms with van der Waals surface area (Å²) in [6, 6.07) is 7.52. The average molecular weight is 207 g/mol. The molecule has 15 heavy (non-hydrogen) atoms. The van der Waals surface area contributed by atoms with E-state index in [2.05, 4.69) is 5.32 Å². The van der Waals surface area contributed by atoms with Gasteiger partial charge in [-0.1, -0.05) is 6.07 Å². The van der Waals surface area contributed by atoms with Gasteiger partial charge in [-0.15, -0.1) is 0 Å². The minimum absolute atomic E-state index is 0.242. The highest BCUT2D eigenvalue weighted by Crippen LogP contribution is 2.23. The Balaban J connectivity index is 2.17. The predicted molar refractivity (Wildman–Crippen MR) is 57.8 cm³/mol. The van der Waals surface area contributed by atoms with Crippen molar-refractivity contribution >= 4 is 16.7 Å². The topological polar surface area (TPSA) is 65.6 Å². The first-order valence-electron chi connectivity index (χ1n) is 4.80. The van der Waals surface area contributed by atoms with Crippen LogP contribution in [0.2, 0.25) is 0 Å². The molecule has 0 radical (unpaired) electrons. The Morgan fingerprint density at radius 3 is 3.00 bits per heavy atom. The van der Waals surface area contributed by atoms with E-state index in [4.69, 9.17) is 9.52 Å². The molecule has 1 aromatic carbocycles. The largest absolute Gasteiger partial charge is 0.464 e. The van der Waals surface area contributed by atoms with Crippen molar-refractivity contribution in [2.24, 2.45) is 0 Å². The fraction of sp³-hybridized carbons (Fsp3) is 0.273. The summed E-state index contributed by atoms with van der Waals surface area (Å²) in [4.78, 5) is 0. The molecule has 0 amide bonds. The Morgan fingerprint density at radius 2 is 2.20 bits per heavy atom. The van der Waals surface area contributed by atoms with Crippen molar-refractivity contribution in [1.29, 1.82) is 0 Å².